The Morgan fingerprint density at radius 1 is 1.43 bits per heavy atom. The number of nitrogens with zero attached hydrogens (tertiary/aromatic N) is 1. The molecule has 1 fully saturated rings. The smallest absolute Gasteiger partial charge is 0.0847 e. The van der Waals surface area contributed by atoms with E-state index < -0.39 is 0 Å². The zero-order valence-electron chi connectivity index (χ0n) is 8.13. The van der Waals surface area contributed by atoms with Crippen LogP contribution in [0.15, 0.2) is 24.3 Å². The standard InChI is InChI=1S/C12H12ClN/c1-9-6-7-12(9,8-14)10-2-4-11(13)5-3-10/h2-5,9H,6-7H2,1H3. The van der Waals surface area contributed by atoms with Crippen LogP contribution in [0.1, 0.15) is 25.3 Å². The van der Waals surface area contributed by atoms with Crippen LogP contribution in [0.25, 0.3) is 0 Å². The summed E-state index contributed by atoms with van der Waals surface area (Å²) >= 11 is 5.82. The molecule has 1 nitrogen and oxygen atoms in total. The summed E-state index contributed by atoms with van der Waals surface area (Å²) in [5, 5.41) is 9.98. The van der Waals surface area contributed by atoms with Crippen molar-refractivity contribution < 1.29 is 0 Å². The zero-order chi connectivity index (χ0) is 10.2. The third kappa shape index (κ3) is 1.22. The SMILES string of the molecule is CC1CCC1(C#N)c1ccc(Cl)cc1. The Morgan fingerprint density at radius 2 is 2.07 bits per heavy atom. The van der Waals surface area contributed by atoms with Gasteiger partial charge in [0.05, 0.1) is 11.5 Å². The summed E-state index contributed by atoms with van der Waals surface area (Å²) in [4.78, 5) is 0. The van der Waals surface area contributed by atoms with Crippen molar-refractivity contribution >= 4 is 11.6 Å². The van der Waals surface area contributed by atoms with Gasteiger partial charge < -0.3 is 0 Å². The highest BCUT2D eigenvalue weighted by atomic mass is 35.5. The first-order valence-electron chi connectivity index (χ1n) is 4.86. The van der Waals surface area contributed by atoms with Gasteiger partial charge in [-0.05, 0) is 36.5 Å². The summed E-state index contributed by atoms with van der Waals surface area (Å²) in [5.74, 6) is 0.466. The lowest BCUT2D eigenvalue weighted by molar-refractivity contribution is 0.201. The Balaban J connectivity index is 2.39. The van der Waals surface area contributed by atoms with Crippen molar-refractivity contribution in [3.63, 3.8) is 0 Å². The maximum absolute atomic E-state index is 9.25. The predicted molar refractivity (Wildman–Crippen MR) is 57.1 cm³/mol. The van der Waals surface area contributed by atoms with Crippen molar-refractivity contribution in [2.75, 3.05) is 0 Å². The molecule has 72 valence electrons. The third-order valence-electron chi connectivity index (χ3n) is 3.37. The Labute approximate surface area is 89.3 Å². The normalized spacial score (nSPS) is 30.5. The van der Waals surface area contributed by atoms with Crippen LogP contribution >= 0.6 is 11.6 Å². The summed E-state index contributed by atoms with van der Waals surface area (Å²) < 4.78 is 0. The molecule has 2 rings (SSSR count). The van der Waals surface area contributed by atoms with Gasteiger partial charge in [-0.2, -0.15) is 5.26 Å². The second-order valence-electron chi connectivity index (χ2n) is 4.03. The lowest BCUT2D eigenvalue weighted by Crippen LogP contribution is -2.41. The van der Waals surface area contributed by atoms with E-state index in [9.17, 15) is 5.26 Å². The molecule has 1 saturated carbocycles. The summed E-state index contributed by atoms with van der Waals surface area (Å²) in [6, 6.07) is 10.1. The van der Waals surface area contributed by atoms with Gasteiger partial charge in [0.15, 0.2) is 0 Å². The summed E-state index contributed by atoms with van der Waals surface area (Å²) in [5.41, 5.74) is 0.869. The molecule has 0 aliphatic heterocycles. The highest BCUT2D eigenvalue weighted by molar-refractivity contribution is 6.30. The second kappa shape index (κ2) is 3.29. The van der Waals surface area contributed by atoms with E-state index in [1.807, 2.05) is 24.3 Å². The van der Waals surface area contributed by atoms with Crippen LogP contribution in [0, 0.1) is 17.2 Å². The van der Waals surface area contributed by atoms with Gasteiger partial charge in [0.1, 0.15) is 0 Å². The molecule has 1 aliphatic rings. The van der Waals surface area contributed by atoms with Crippen LogP contribution in [-0.2, 0) is 5.41 Å². The van der Waals surface area contributed by atoms with Gasteiger partial charge in [0.2, 0.25) is 0 Å². The van der Waals surface area contributed by atoms with Gasteiger partial charge in [-0.15, -0.1) is 0 Å². The van der Waals surface area contributed by atoms with Crippen molar-refractivity contribution in [3.05, 3.63) is 34.9 Å². The molecular weight excluding hydrogens is 194 g/mol. The molecule has 2 unspecified atom stereocenters. The van der Waals surface area contributed by atoms with Crippen molar-refractivity contribution in [2.24, 2.45) is 5.92 Å². The summed E-state index contributed by atoms with van der Waals surface area (Å²) in [6.45, 7) is 2.14. The topological polar surface area (TPSA) is 23.8 Å². The Bertz CT molecular complexity index is 376. The van der Waals surface area contributed by atoms with Crippen LogP contribution in [0.5, 0.6) is 0 Å². The molecule has 0 amide bonds. The number of rotatable bonds is 1. The van der Waals surface area contributed by atoms with Crippen molar-refractivity contribution in [3.8, 4) is 6.07 Å². The van der Waals surface area contributed by atoms with Crippen molar-refractivity contribution in [2.45, 2.75) is 25.2 Å². The Kier molecular flexibility index (Phi) is 2.25. The summed E-state index contributed by atoms with van der Waals surface area (Å²) in [6.07, 6.45) is 2.13. The highest BCUT2D eigenvalue weighted by Crippen LogP contribution is 2.48. The molecule has 2 heteroatoms. The molecule has 1 aromatic rings. The number of benzene rings is 1. The molecule has 0 bridgehead atoms. The molecule has 0 heterocycles. The molecule has 2 atom stereocenters. The molecule has 0 saturated heterocycles. The van der Waals surface area contributed by atoms with Gasteiger partial charge in [0, 0.05) is 5.02 Å². The van der Waals surface area contributed by atoms with Crippen molar-refractivity contribution in [1.82, 2.24) is 0 Å². The van der Waals surface area contributed by atoms with E-state index in [-0.39, 0.29) is 5.41 Å². The molecule has 0 aromatic heterocycles. The molecule has 14 heavy (non-hydrogen) atoms. The van der Waals surface area contributed by atoms with Crippen LogP contribution < -0.4 is 0 Å². The largest absolute Gasteiger partial charge is 0.197 e. The van der Waals surface area contributed by atoms with E-state index in [4.69, 9.17) is 11.6 Å². The molecule has 0 N–H and O–H groups in total. The Morgan fingerprint density at radius 3 is 2.43 bits per heavy atom. The predicted octanol–water partition coefficient (Wildman–Crippen LogP) is 3.53. The van der Waals surface area contributed by atoms with Crippen LogP contribution in [-0.4, -0.2) is 0 Å². The zero-order valence-corrected chi connectivity index (χ0v) is 8.88. The number of nitriles is 1. The van der Waals surface area contributed by atoms with E-state index in [1.54, 1.807) is 0 Å². The molecule has 1 aromatic carbocycles. The van der Waals surface area contributed by atoms with E-state index >= 15 is 0 Å². The minimum absolute atomic E-state index is 0.245. The fraction of sp³-hybridized carbons (Fsp3) is 0.417. The number of hydrogen-bond acceptors (Lipinski definition) is 1. The van der Waals surface area contributed by atoms with Gasteiger partial charge in [-0.25, -0.2) is 0 Å². The van der Waals surface area contributed by atoms with Crippen LogP contribution in [0.4, 0.5) is 0 Å². The monoisotopic (exact) mass is 205 g/mol. The quantitative estimate of drug-likeness (QED) is 0.688. The first kappa shape index (κ1) is 9.55. The Hall–Kier alpha value is -1.00. The van der Waals surface area contributed by atoms with Gasteiger partial charge >= 0.3 is 0 Å². The average Bonchev–Trinajstić information content (AvgIpc) is 2.20. The molecule has 0 radical (unpaired) electrons. The average molecular weight is 206 g/mol. The minimum atomic E-state index is -0.245. The fourth-order valence-electron chi connectivity index (χ4n) is 2.13. The first-order valence-corrected chi connectivity index (χ1v) is 5.24. The van der Waals surface area contributed by atoms with Crippen LogP contribution in [0.2, 0.25) is 5.02 Å². The maximum Gasteiger partial charge on any atom is 0.0847 e. The highest BCUT2D eigenvalue weighted by Gasteiger charge is 2.45. The number of halogens is 1. The fourth-order valence-corrected chi connectivity index (χ4v) is 2.25. The molecular formula is C12H12ClN. The van der Waals surface area contributed by atoms with Crippen LogP contribution in [0.3, 0.4) is 0 Å². The van der Waals surface area contributed by atoms with Gasteiger partial charge in [-0.1, -0.05) is 30.7 Å². The first-order chi connectivity index (χ1) is 6.69. The maximum atomic E-state index is 9.25. The molecule has 1 aliphatic carbocycles. The van der Waals surface area contributed by atoms with Crippen molar-refractivity contribution in [1.29, 1.82) is 5.26 Å². The summed E-state index contributed by atoms with van der Waals surface area (Å²) in [7, 11) is 0. The van der Waals surface area contributed by atoms with E-state index in [2.05, 4.69) is 13.0 Å². The number of hydrogen-bond donors (Lipinski definition) is 0. The lowest BCUT2D eigenvalue weighted by atomic mass is 9.58. The third-order valence-corrected chi connectivity index (χ3v) is 3.62. The minimum Gasteiger partial charge on any atom is -0.197 e. The lowest BCUT2D eigenvalue weighted by Gasteiger charge is -2.42. The van der Waals surface area contributed by atoms with Gasteiger partial charge in [0.25, 0.3) is 0 Å². The second-order valence-corrected chi connectivity index (χ2v) is 4.47. The van der Waals surface area contributed by atoms with E-state index in [0.717, 1.165) is 23.4 Å². The van der Waals surface area contributed by atoms with Gasteiger partial charge in [-0.3, -0.25) is 0 Å². The van der Waals surface area contributed by atoms with E-state index in [0.29, 0.717) is 5.92 Å². The van der Waals surface area contributed by atoms with E-state index in [1.165, 1.54) is 0 Å². The molecule has 0 spiro atoms.